The fourth-order valence-electron chi connectivity index (χ4n) is 2.63. The molecule has 0 unspecified atom stereocenters. The summed E-state index contributed by atoms with van der Waals surface area (Å²) in [6.45, 7) is 6.97. The fourth-order valence-corrected chi connectivity index (χ4v) is 3.61. The van der Waals surface area contributed by atoms with Gasteiger partial charge in [0.15, 0.2) is 0 Å². The zero-order valence-electron chi connectivity index (χ0n) is 14.7. The molecule has 7 nitrogen and oxygen atoms in total. The highest BCUT2D eigenvalue weighted by Crippen LogP contribution is 2.27. The maximum Gasteiger partial charge on any atom is 0.251 e. The van der Waals surface area contributed by atoms with Gasteiger partial charge in [0.1, 0.15) is 4.90 Å². The lowest BCUT2D eigenvalue weighted by atomic mass is 10.1. The molecule has 2 rings (SSSR count). The molecule has 134 valence electrons. The van der Waals surface area contributed by atoms with Gasteiger partial charge in [-0.05, 0) is 46.1 Å². The molecule has 1 amide bonds. The number of amides is 1. The van der Waals surface area contributed by atoms with Gasteiger partial charge in [-0.3, -0.25) is 4.79 Å². The summed E-state index contributed by atoms with van der Waals surface area (Å²) in [6, 6.07) is 4.85. The smallest absolute Gasteiger partial charge is 0.251 e. The Labute approximate surface area is 144 Å². The number of sulfonamides is 1. The van der Waals surface area contributed by atoms with Crippen LogP contribution in [-0.2, 0) is 10.0 Å². The number of likely N-dealkylation sites (N-methyl/N-ethyl adjacent to an activating group) is 1. The van der Waals surface area contributed by atoms with Gasteiger partial charge in [-0.15, -0.1) is 0 Å². The SMILES string of the molecule is CNS(=O)(=O)c1cc(C(=O)NC(C)C)ccc1N1CCN(C)CC1. The van der Waals surface area contributed by atoms with Crippen molar-refractivity contribution in [3.8, 4) is 0 Å². The maximum atomic E-state index is 12.4. The molecule has 1 saturated heterocycles. The molecule has 8 heteroatoms. The van der Waals surface area contributed by atoms with E-state index in [0.717, 1.165) is 26.2 Å². The zero-order valence-corrected chi connectivity index (χ0v) is 15.5. The first-order chi connectivity index (χ1) is 11.2. The molecule has 1 aliphatic heterocycles. The van der Waals surface area contributed by atoms with Crippen LogP contribution in [0.3, 0.4) is 0 Å². The van der Waals surface area contributed by atoms with Gasteiger partial charge >= 0.3 is 0 Å². The van der Waals surface area contributed by atoms with Crippen LogP contribution in [-0.4, -0.2) is 65.5 Å². The van der Waals surface area contributed by atoms with Crippen molar-refractivity contribution in [2.75, 3.05) is 45.2 Å². The third-order valence-corrected chi connectivity index (χ3v) is 5.49. The van der Waals surface area contributed by atoms with Crippen LogP contribution in [0.4, 0.5) is 5.69 Å². The molecule has 0 bridgehead atoms. The van der Waals surface area contributed by atoms with Crippen LogP contribution in [0, 0.1) is 0 Å². The molecule has 0 radical (unpaired) electrons. The van der Waals surface area contributed by atoms with Gasteiger partial charge in [0, 0.05) is 37.8 Å². The molecule has 2 N–H and O–H groups in total. The number of hydrogen-bond donors (Lipinski definition) is 2. The third kappa shape index (κ3) is 4.25. The van der Waals surface area contributed by atoms with Gasteiger partial charge in [-0.1, -0.05) is 0 Å². The van der Waals surface area contributed by atoms with Crippen LogP contribution in [0.2, 0.25) is 0 Å². The largest absolute Gasteiger partial charge is 0.368 e. The fraction of sp³-hybridized carbons (Fsp3) is 0.562. The molecule has 0 atom stereocenters. The second-order valence-corrected chi connectivity index (χ2v) is 8.16. The third-order valence-electron chi connectivity index (χ3n) is 4.04. The van der Waals surface area contributed by atoms with Crippen LogP contribution in [0.15, 0.2) is 23.1 Å². The zero-order chi connectivity index (χ0) is 17.9. The van der Waals surface area contributed by atoms with Gasteiger partial charge in [0.05, 0.1) is 5.69 Å². The summed E-state index contributed by atoms with van der Waals surface area (Å²) in [6.07, 6.45) is 0. The van der Waals surface area contributed by atoms with Crippen molar-refractivity contribution < 1.29 is 13.2 Å². The van der Waals surface area contributed by atoms with E-state index in [0.29, 0.717) is 11.3 Å². The van der Waals surface area contributed by atoms with Crippen molar-refractivity contribution in [2.24, 2.45) is 0 Å². The summed E-state index contributed by atoms with van der Waals surface area (Å²) in [5.41, 5.74) is 0.981. The maximum absolute atomic E-state index is 12.4. The summed E-state index contributed by atoms with van der Waals surface area (Å²) < 4.78 is 27.2. The topological polar surface area (TPSA) is 81.7 Å². The Morgan fingerprint density at radius 2 is 1.79 bits per heavy atom. The van der Waals surface area contributed by atoms with Crippen molar-refractivity contribution in [3.63, 3.8) is 0 Å². The standard InChI is InChI=1S/C16H26N4O3S/c1-12(2)18-16(21)13-5-6-14(15(11-13)24(22,23)17-3)20-9-7-19(4)8-10-20/h5-6,11-12,17H,7-10H2,1-4H3,(H,18,21). The average molecular weight is 354 g/mol. The lowest BCUT2D eigenvalue weighted by Gasteiger charge is -2.35. The molecule has 0 aliphatic carbocycles. The van der Waals surface area contributed by atoms with E-state index in [9.17, 15) is 13.2 Å². The summed E-state index contributed by atoms with van der Waals surface area (Å²) in [5.74, 6) is -0.275. The van der Waals surface area contributed by atoms with Crippen LogP contribution in [0.1, 0.15) is 24.2 Å². The second kappa shape index (κ2) is 7.50. The first-order valence-electron chi connectivity index (χ1n) is 8.06. The molecule has 1 heterocycles. The van der Waals surface area contributed by atoms with Gasteiger partial charge in [0.25, 0.3) is 5.91 Å². The van der Waals surface area contributed by atoms with Gasteiger partial charge in [-0.25, -0.2) is 13.1 Å². The average Bonchev–Trinajstić information content (AvgIpc) is 2.54. The molecule has 1 fully saturated rings. The Hall–Kier alpha value is -1.64. The van der Waals surface area contributed by atoms with E-state index in [1.54, 1.807) is 12.1 Å². The van der Waals surface area contributed by atoms with E-state index < -0.39 is 10.0 Å². The number of benzene rings is 1. The minimum Gasteiger partial charge on any atom is -0.368 e. The van der Waals surface area contributed by atoms with E-state index in [4.69, 9.17) is 0 Å². The summed E-state index contributed by atoms with van der Waals surface area (Å²) in [5, 5.41) is 2.79. The number of nitrogens with one attached hydrogen (secondary N) is 2. The van der Waals surface area contributed by atoms with E-state index in [1.165, 1.54) is 13.1 Å². The molecule has 0 spiro atoms. The van der Waals surface area contributed by atoms with Gasteiger partial charge < -0.3 is 15.1 Å². The van der Waals surface area contributed by atoms with Gasteiger partial charge in [-0.2, -0.15) is 0 Å². The Bertz CT molecular complexity index is 695. The van der Waals surface area contributed by atoms with Crippen LogP contribution in [0.5, 0.6) is 0 Å². The summed E-state index contributed by atoms with van der Waals surface area (Å²) in [7, 11) is -0.239. The Balaban J connectivity index is 2.42. The van der Waals surface area contributed by atoms with E-state index >= 15 is 0 Å². The number of piperazine rings is 1. The molecule has 1 aromatic carbocycles. The van der Waals surface area contributed by atoms with E-state index in [1.807, 2.05) is 25.8 Å². The summed E-state index contributed by atoms with van der Waals surface area (Å²) >= 11 is 0. The monoisotopic (exact) mass is 354 g/mol. The minimum atomic E-state index is -3.66. The Kier molecular flexibility index (Phi) is 5.84. The number of carbonyl (C=O) groups is 1. The highest BCUT2D eigenvalue weighted by molar-refractivity contribution is 7.89. The van der Waals surface area contributed by atoms with Crippen LogP contribution >= 0.6 is 0 Å². The normalized spacial score (nSPS) is 16.5. The van der Waals surface area contributed by atoms with Crippen LogP contribution < -0.4 is 14.9 Å². The predicted molar refractivity (Wildman–Crippen MR) is 95.0 cm³/mol. The summed E-state index contributed by atoms with van der Waals surface area (Å²) in [4.78, 5) is 16.6. The van der Waals surface area contributed by atoms with Crippen molar-refractivity contribution in [1.82, 2.24) is 14.9 Å². The molecule has 0 aromatic heterocycles. The highest BCUT2D eigenvalue weighted by atomic mass is 32.2. The quantitative estimate of drug-likeness (QED) is 0.804. The van der Waals surface area contributed by atoms with Crippen molar-refractivity contribution in [2.45, 2.75) is 24.8 Å². The van der Waals surface area contributed by atoms with Crippen molar-refractivity contribution in [3.05, 3.63) is 23.8 Å². The Morgan fingerprint density at radius 1 is 1.17 bits per heavy atom. The lowest BCUT2D eigenvalue weighted by molar-refractivity contribution is 0.0943. The van der Waals surface area contributed by atoms with E-state index in [2.05, 4.69) is 14.9 Å². The molecule has 0 saturated carbocycles. The number of anilines is 1. The van der Waals surface area contributed by atoms with Crippen molar-refractivity contribution >= 4 is 21.6 Å². The molecule has 1 aliphatic rings. The van der Waals surface area contributed by atoms with Crippen molar-refractivity contribution in [1.29, 1.82) is 0 Å². The minimum absolute atomic E-state index is 0.0147. The first kappa shape index (κ1) is 18.7. The lowest BCUT2D eigenvalue weighted by Crippen LogP contribution is -2.45. The second-order valence-electron chi connectivity index (χ2n) is 6.31. The number of nitrogens with zero attached hydrogens (tertiary/aromatic N) is 2. The van der Waals surface area contributed by atoms with E-state index in [-0.39, 0.29) is 16.8 Å². The predicted octanol–water partition coefficient (Wildman–Crippen LogP) is 0.485. The Morgan fingerprint density at radius 3 is 2.33 bits per heavy atom. The molecule has 1 aromatic rings. The molecule has 24 heavy (non-hydrogen) atoms. The van der Waals surface area contributed by atoms with Gasteiger partial charge in [0.2, 0.25) is 10.0 Å². The molecular formula is C16H26N4O3S. The first-order valence-corrected chi connectivity index (χ1v) is 9.55. The van der Waals surface area contributed by atoms with Crippen LogP contribution in [0.25, 0.3) is 0 Å². The number of carbonyl (C=O) groups excluding carboxylic acids is 1. The highest BCUT2D eigenvalue weighted by Gasteiger charge is 2.24. The number of rotatable bonds is 5. The number of hydrogen-bond acceptors (Lipinski definition) is 5. The molecular weight excluding hydrogens is 328 g/mol.